The molecule has 1 unspecified atom stereocenters. The molecule has 0 aromatic heterocycles. The molecule has 1 N–H and O–H groups in total. The van der Waals surface area contributed by atoms with E-state index in [4.69, 9.17) is 4.74 Å². The molecule has 3 rings (SSSR count). The van der Waals surface area contributed by atoms with Gasteiger partial charge in [-0.15, -0.1) is 0 Å². The minimum absolute atomic E-state index is 0.0529. The van der Waals surface area contributed by atoms with Crippen molar-refractivity contribution in [3.8, 4) is 0 Å². The number of hydrogen-bond donors (Lipinski definition) is 1. The molecule has 1 saturated carbocycles. The maximum Gasteiger partial charge on any atom is 0.254 e. The van der Waals surface area contributed by atoms with Crippen LogP contribution in [0.3, 0.4) is 0 Å². The van der Waals surface area contributed by atoms with Gasteiger partial charge in [0.15, 0.2) is 0 Å². The van der Waals surface area contributed by atoms with Gasteiger partial charge in [-0.1, -0.05) is 51.3 Å². The number of carbonyl (C=O) groups is 2. The Morgan fingerprint density at radius 1 is 1.24 bits per heavy atom. The summed E-state index contributed by atoms with van der Waals surface area (Å²) < 4.78 is 5.40. The predicted octanol–water partition coefficient (Wildman–Crippen LogP) is 4.13. The zero-order valence-electron chi connectivity index (χ0n) is 18.2. The van der Waals surface area contributed by atoms with E-state index in [2.05, 4.69) is 24.1 Å². The quantitative estimate of drug-likeness (QED) is 0.668. The SMILES string of the molecule is CCOCCCNC(=O)C1c2ccccc2C(=O)N(CC(C)C)C12CCCCC2. The van der Waals surface area contributed by atoms with E-state index >= 15 is 0 Å². The molecule has 0 saturated heterocycles. The van der Waals surface area contributed by atoms with E-state index in [1.165, 1.54) is 6.42 Å². The van der Waals surface area contributed by atoms with Gasteiger partial charge in [0.2, 0.25) is 5.91 Å². The maximum absolute atomic E-state index is 13.5. The first-order valence-corrected chi connectivity index (χ1v) is 11.3. The first-order valence-electron chi connectivity index (χ1n) is 11.3. The van der Waals surface area contributed by atoms with Crippen LogP contribution in [0.5, 0.6) is 0 Å². The summed E-state index contributed by atoms with van der Waals surface area (Å²) in [5.74, 6) is 0.203. The van der Waals surface area contributed by atoms with Crippen molar-refractivity contribution in [2.75, 3.05) is 26.3 Å². The zero-order valence-corrected chi connectivity index (χ0v) is 18.2. The van der Waals surface area contributed by atoms with E-state index in [9.17, 15) is 9.59 Å². The van der Waals surface area contributed by atoms with Crippen LogP contribution in [0.4, 0.5) is 0 Å². The van der Waals surface area contributed by atoms with Gasteiger partial charge in [0.1, 0.15) is 0 Å². The van der Waals surface area contributed by atoms with Crippen LogP contribution in [0.2, 0.25) is 0 Å². The van der Waals surface area contributed by atoms with Crippen LogP contribution in [0.15, 0.2) is 24.3 Å². The van der Waals surface area contributed by atoms with Crippen molar-refractivity contribution in [1.82, 2.24) is 10.2 Å². The number of benzene rings is 1. The summed E-state index contributed by atoms with van der Waals surface area (Å²) in [5, 5.41) is 3.16. The van der Waals surface area contributed by atoms with E-state index in [1.807, 2.05) is 31.2 Å². The molecule has 160 valence electrons. The Kier molecular flexibility index (Phi) is 7.33. The van der Waals surface area contributed by atoms with Crippen molar-refractivity contribution in [1.29, 1.82) is 0 Å². The van der Waals surface area contributed by atoms with Gasteiger partial charge in [-0.05, 0) is 43.7 Å². The molecule has 1 aromatic carbocycles. The number of carbonyl (C=O) groups excluding carboxylic acids is 2. The Balaban J connectivity index is 1.95. The molecule has 1 aliphatic heterocycles. The van der Waals surface area contributed by atoms with Crippen LogP contribution in [-0.2, 0) is 9.53 Å². The summed E-state index contributed by atoms with van der Waals surface area (Å²) in [6, 6.07) is 7.73. The summed E-state index contributed by atoms with van der Waals surface area (Å²) in [5.41, 5.74) is 1.19. The molecule has 1 aliphatic carbocycles. The molecule has 1 fully saturated rings. The van der Waals surface area contributed by atoms with Crippen molar-refractivity contribution in [2.45, 2.75) is 70.8 Å². The molecular weight excluding hydrogens is 364 g/mol. The normalized spacial score (nSPS) is 20.8. The van der Waals surface area contributed by atoms with Gasteiger partial charge in [0.25, 0.3) is 5.91 Å². The van der Waals surface area contributed by atoms with Gasteiger partial charge in [0, 0.05) is 31.9 Å². The Hall–Kier alpha value is -1.88. The molecule has 2 amide bonds. The zero-order chi connectivity index (χ0) is 20.9. The second-order valence-corrected chi connectivity index (χ2v) is 8.84. The van der Waals surface area contributed by atoms with Gasteiger partial charge in [0.05, 0.1) is 11.5 Å². The Bertz CT molecular complexity index is 710. The summed E-state index contributed by atoms with van der Waals surface area (Å²) >= 11 is 0. The van der Waals surface area contributed by atoms with Crippen LogP contribution in [0.25, 0.3) is 0 Å². The molecule has 1 atom stereocenters. The van der Waals surface area contributed by atoms with Crippen molar-refractivity contribution in [3.63, 3.8) is 0 Å². The van der Waals surface area contributed by atoms with E-state index in [1.54, 1.807) is 0 Å². The maximum atomic E-state index is 13.5. The lowest BCUT2D eigenvalue weighted by Gasteiger charge is -2.54. The number of fused-ring (bicyclic) bond motifs is 1. The smallest absolute Gasteiger partial charge is 0.254 e. The topological polar surface area (TPSA) is 58.6 Å². The van der Waals surface area contributed by atoms with Gasteiger partial charge < -0.3 is 15.0 Å². The van der Waals surface area contributed by atoms with Crippen molar-refractivity contribution < 1.29 is 14.3 Å². The van der Waals surface area contributed by atoms with Crippen LogP contribution in [-0.4, -0.2) is 48.6 Å². The summed E-state index contributed by atoms with van der Waals surface area (Å²) in [7, 11) is 0. The first kappa shape index (κ1) is 21.8. The summed E-state index contributed by atoms with van der Waals surface area (Å²) in [6.07, 6.45) is 5.91. The number of ether oxygens (including phenoxy) is 1. The third-order valence-electron chi connectivity index (χ3n) is 6.32. The lowest BCUT2D eigenvalue weighted by Crippen LogP contribution is -2.63. The molecule has 5 heteroatoms. The van der Waals surface area contributed by atoms with Crippen molar-refractivity contribution >= 4 is 11.8 Å². The highest BCUT2D eigenvalue weighted by Gasteiger charge is 2.54. The highest BCUT2D eigenvalue weighted by atomic mass is 16.5. The summed E-state index contributed by atoms with van der Waals surface area (Å²) in [6.45, 7) is 8.92. The third kappa shape index (κ3) is 4.50. The van der Waals surface area contributed by atoms with E-state index in [0.717, 1.165) is 37.7 Å². The van der Waals surface area contributed by atoms with Crippen molar-refractivity contribution in [3.05, 3.63) is 35.4 Å². The molecule has 2 aliphatic rings. The minimum Gasteiger partial charge on any atom is -0.382 e. The van der Waals surface area contributed by atoms with Crippen LogP contribution in [0, 0.1) is 5.92 Å². The number of nitrogens with one attached hydrogen (secondary N) is 1. The molecule has 5 nitrogen and oxygen atoms in total. The Morgan fingerprint density at radius 3 is 2.66 bits per heavy atom. The second kappa shape index (κ2) is 9.75. The lowest BCUT2D eigenvalue weighted by molar-refractivity contribution is -0.127. The molecule has 1 heterocycles. The molecule has 0 bridgehead atoms. The van der Waals surface area contributed by atoms with Crippen LogP contribution in [0.1, 0.15) is 81.1 Å². The lowest BCUT2D eigenvalue weighted by atomic mass is 9.65. The van der Waals surface area contributed by atoms with Gasteiger partial charge in [-0.3, -0.25) is 9.59 Å². The average Bonchev–Trinajstić information content (AvgIpc) is 2.72. The van der Waals surface area contributed by atoms with Gasteiger partial charge >= 0.3 is 0 Å². The monoisotopic (exact) mass is 400 g/mol. The van der Waals surface area contributed by atoms with Crippen LogP contribution < -0.4 is 5.32 Å². The predicted molar refractivity (Wildman–Crippen MR) is 115 cm³/mol. The highest BCUT2D eigenvalue weighted by molar-refractivity contribution is 6.02. The molecular formula is C24H36N2O3. The van der Waals surface area contributed by atoms with Gasteiger partial charge in [-0.25, -0.2) is 0 Å². The molecule has 29 heavy (non-hydrogen) atoms. The number of rotatable bonds is 8. The third-order valence-corrected chi connectivity index (χ3v) is 6.32. The van der Waals surface area contributed by atoms with Crippen LogP contribution >= 0.6 is 0 Å². The fraction of sp³-hybridized carbons (Fsp3) is 0.667. The second-order valence-electron chi connectivity index (χ2n) is 8.84. The van der Waals surface area contributed by atoms with E-state index in [-0.39, 0.29) is 17.7 Å². The minimum atomic E-state index is -0.405. The number of nitrogens with zero attached hydrogens (tertiary/aromatic N) is 1. The average molecular weight is 401 g/mol. The highest BCUT2D eigenvalue weighted by Crippen LogP contribution is 2.49. The first-order chi connectivity index (χ1) is 14.0. The fourth-order valence-electron chi connectivity index (χ4n) is 5.11. The largest absolute Gasteiger partial charge is 0.382 e. The van der Waals surface area contributed by atoms with Gasteiger partial charge in [-0.2, -0.15) is 0 Å². The van der Waals surface area contributed by atoms with E-state index < -0.39 is 5.54 Å². The standard InChI is InChI=1S/C24H36N2O3/c1-4-29-16-10-15-25-22(27)21-19-11-6-7-12-20(19)23(28)26(17-18(2)3)24(21)13-8-5-9-14-24/h6-7,11-12,18,21H,4-5,8-10,13-17H2,1-3H3,(H,25,27). The Morgan fingerprint density at radius 2 is 1.97 bits per heavy atom. The Labute approximate surface area is 175 Å². The molecule has 1 aromatic rings. The summed E-state index contributed by atoms with van der Waals surface area (Å²) in [4.78, 5) is 29.1. The molecule has 1 spiro atoms. The van der Waals surface area contributed by atoms with Crippen molar-refractivity contribution in [2.24, 2.45) is 5.92 Å². The van der Waals surface area contributed by atoms with E-state index in [0.29, 0.717) is 37.8 Å². The number of hydrogen-bond acceptors (Lipinski definition) is 3. The molecule has 0 radical (unpaired) electrons. The number of amides is 2. The fourth-order valence-corrected chi connectivity index (χ4v) is 5.11.